The maximum absolute atomic E-state index is 11.7. The molecular formula is C14H16N2O. The third-order valence-electron chi connectivity index (χ3n) is 2.53. The largest absolute Gasteiger partial charge is 0.340 e. The normalized spacial score (nSPS) is 10.2. The zero-order valence-corrected chi connectivity index (χ0v) is 10.2. The molecule has 3 heteroatoms. The van der Waals surface area contributed by atoms with Crippen molar-refractivity contribution in [1.82, 2.24) is 4.90 Å². The highest BCUT2D eigenvalue weighted by Crippen LogP contribution is 2.05. The van der Waals surface area contributed by atoms with Crippen LogP contribution in [0.3, 0.4) is 0 Å². The van der Waals surface area contributed by atoms with Gasteiger partial charge in [0.25, 0.3) is 0 Å². The van der Waals surface area contributed by atoms with Crippen LogP contribution in [0.1, 0.15) is 25.0 Å². The SMILES string of the molecule is CCN(CC)C(=O)C=Cc1ccc(C#N)cc1. The molecular weight excluding hydrogens is 212 g/mol. The van der Waals surface area contributed by atoms with Gasteiger partial charge in [-0.2, -0.15) is 5.26 Å². The molecule has 0 saturated heterocycles. The predicted molar refractivity (Wildman–Crippen MR) is 68.1 cm³/mol. The van der Waals surface area contributed by atoms with E-state index in [0.717, 1.165) is 5.56 Å². The van der Waals surface area contributed by atoms with E-state index in [1.165, 1.54) is 0 Å². The summed E-state index contributed by atoms with van der Waals surface area (Å²) in [4.78, 5) is 13.4. The molecule has 0 heterocycles. The van der Waals surface area contributed by atoms with Crippen LogP contribution in [0.25, 0.3) is 6.08 Å². The Kier molecular flexibility index (Phi) is 4.96. The first kappa shape index (κ1) is 13.0. The second-order valence-electron chi connectivity index (χ2n) is 3.58. The molecule has 0 spiro atoms. The third-order valence-corrected chi connectivity index (χ3v) is 2.53. The molecule has 0 saturated carbocycles. The average Bonchev–Trinajstić information content (AvgIpc) is 2.38. The maximum atomic E-state index is 11.7. The fraction of sp³-hybridized carbons (Fsp3) is 0.286. The summed E-state index contributed by atoms with van der Waals surface area (Å²) < 4.78 is 0. The molecule has 0 aromatic heterocycles. The lowest BCUT2D eigenvalue weighted by Crippen LogP contribution is -2.28. The second kappa shape index (κ2) is 6.49. The lowest BCUT2D eigenvalue weighted by atomic mass is 10.1. The van der Waals surface area contributed by atoms with E-state index < -0.39 is 0 Å². The van der Waals surface area contributed by atoms with Crippen molar-refractivity contribution < 1.29 is 4.79 Å². The van der Waals surface area contributed by atoms with Crippen LogP contribution < -0.4 is 0 Å². The van der Waals surface area contributed by atoms with Crippen LogP contribution in [0.15, 0.2) is 30.3 Å². The summed E-state index contributed by atoms with van der Waals surface area (Å²) in [5.74, 6) is 0.0133. The van der Waals surface area contributed by atoms with E-state index in [1.54, 1.807) is 29.2 Å². The first-order valence-electron chi connectivity index (χ1n) is 5.68. The Labute approximate surface area is 102 Å². The summed E-state index contributed by atoms with van der Waals surface area (Å²) in [6, 6.07) is 9.18. The Bertz CT molecular complexity index is 436. The van der Waals surface area contributed by atoms with Crippen LogP contribution in [-0.2, 0) is 4.79 Å². The first-order chi connectivity index (χ1) is 8.21. The van der Waals surface area contributed by atoms with Crippen LogP contribution in [0.4, 0.5) is 0 Å². The highest BCUT2D eigenvalue weighted by molar-refractivity contribution is 5.91. The summed E-state index contributed by atoms with van der Waals surface area (Å²) >= 11 is 0. The lowest BCUT2D eigenvalue weighted by Gasteiger charge is -2.15. The molecule has 1 rings (SSSR count). The van der Waals surface area contributed by atoms with Gasteiger partial charge < -0.3 is 4.90 Å². The molecule has 1 aromatic carbocycles. The number of carbonyl (C=O) groups excluding carboxylic acids is 1. The van der Waals surface area contributed by atoms with Gasteiger partial charge in [0.2, 0.25) is 5.91 Å². The molecule has 88 valence electrons. The summed E-state index contributed by atoms with van der Waals surface area (Å²) in [7, 11) is 0. The lowest BCUT2D eigenvalue weighted by molar-refractivity contribution is -0.125. The molecule has 0 aliphatic carbocycles. The number of hydrogen-bond donors (Lipinski definition) is 0. The molecule has 1 aromatic rings. The molecule has 17 heavy (non-hydrogen) atoms. The van der Waals surface area contributed by atoms with Crippen LogP contribution >= 0.6 is 0 Å². The average molecular weight is 228 g/mol. The monoisotopic (exact) mass is 228 g/mol. The van der Waals surface area contributed by atoms with Gasteiger partial charge in [0.05, 0.1) is 11.6 Å². The first-order valence-corrected chi connectivity index (χ1v) is 5.68. The van der Waals surface area contributed by atoms with Crippen molar-refractivity contribution in [2.24, 2.45) is 0 Å². The Morgan fingerprint density at radius 3 is 2.35 bits per heavy atom. The minimum atomic E-state index is 0.0133. The van der Waals surface area contributed by atoms with E-state index in [4.69, 9.17) is 5.26 Å². The number of nitriles is 1. The number of benzene rings is 1. The van der Waals surface area contributed by atoms with Crippen LogP contribution in [0.2, 0.25) is 0 Å². The van der Waals surface area contributed by atoms with E-state index in [1.807, 2.05) is 26.0 Å². The molecule has 0 fully saturated rings. The van der Waals surface area contributed by atoms with Crippen LogP contribution in [0.5, 0.6) is 0 Å². The maximum Gasteiger partial charge on any atom is 0.246 e. The zero-order chi connectivity index (χ0) is 12.7. The third kappa shape index (κ3) is 3.76. The molecule has 0 bridgehead atoms. The van der Waals surface area contributed by atoms with E-state index >= 15 is 0 Å². The van der Waals surface area contributed by atoms with Crippen LogP contribution in [-0.4, -0.2) is 23.9 Å². The summed E-state index contributed by atoms with van der Waals surface area (Å²) in [5, 5.41) is 8.65. The number of nitrogens with zero attached hydrogens (tertiary/aromatic N) is 2. The van der Waals surface area contributed by atoms with Crippen molar-refractivity contribution in [3.63, 3.8) is 0 Å². The van der Waals surface area contributed by atoms with Crippen molar-refractivity contribution in [2.75, 3.05) is 13.1 Å². The van der Waals surface area contributed by atoms with Gasteiger partial charge in [0, 0.05) is 19.2 Å². The molecule has 0 radical (unpaired) electrons. The van der Waals surface area contributed by atoms with Gasteiger partial charge in [-0.05, 0) is 37.6 Å². The number of amides is 1. The molecule has 0 unspecified atom stereocenters. The van der Waals surface area contributed by atoms with E-state index in [-0.39, 0.29) is 5.91 Å². The molecule has 0 N–H and O–H groups in total. The Morgan fingerprint density at radius 1 is 1.29 bits per heavy atom. The van der Waals surface area contributed by atoms with Crippen molar-refractivity contribution >= 4 is 12.0 Å². The fourth-order valence-corrected chi connectivity index (χ4v) is 1.48. The van der Waals surface area contributed by atoms with Crippen LogP contribution in [0, 0.1) is 11.3 Å². The van der Waals surface area contributed by atoms with E-state index in [9.17, 15) is 4.79 Å². The molecule has 0 aliphatic heterocycles. The zero-order valence-electron chi connectivity index (χ0n) is 10.2. The quantitative estimate of drug-likeness (QED) is 0.743. The number of rotatable bonds is 4. The summed E-state index contributed by atoms with van der Waals surface area (Å²) in [6.45, 7) is 5.34. The fourth-order valence-electron chi connectivity index (χ4n) is 1.48. The Hall–Kier alpha value is -2.08. The number of likely N-dealkylation sites (N-methyl/N-ethyl adjacent to an activating group) is 1. The minimum Gasteiger partial charge on any atom is -0.340 e. The summed E-state index contributed by atoms with van der Waals surface area (Å²) in [6.07, 6.45) is 3.33. The predicted octanol–water partition coefficient (Wildman–Crippen LogP) is 2.44. The number of hydrogen-bond acceptors (Lipinski definition) is 2. The molecule has 0 aliphatic rings. The van der Waals surface area contributed by atoms with Gasteiger partial charge in [0.15, 0.2) is 0 Å². The van der Waals surface area contributed by atoms with Gasteiger partial charge in [-0.15, -0.1) is 0 Å². The minimum absolute atomic E-state index is 0.0133. The van der Waals surface area contributed by atoms with Gasteiger partial charge in [-0.3, -0.25) is 4.79 Å². The van der Waals surface area contributed by atoms with Gasteiger partial charge >= 0.3 is 0 Å². The van der Waals surface area contributed by atoms with Crippen molar-refractivity contribution in [2.45, 2.75) is 13.8 Å². The highest BCUT2D eigenvalue weighted by Gasteiger charge is 2.04. The highest BCUT2D eigenvalue weighted by atomic mass is 16.2. The standard InChI is InChI=1S/C14H16N2O/c1-3-16(4-2)14(17)10-9-12-5-7-13(11-15)8-6-12/h5-10H,3-4H2,1-2H3. The van der Waals surface area contributed by atoms with E-state index in [2.05, 4.69) is 6.07 Å². The van der Waals surface area contributed by atoms with Gasteiger partial charge in [-0.25, -0.2) is 0 Å². The van der Waals surface area contributed by atoms with E-state index in [0.29, 0.717) is 18.7 Å². The Balaban J connectivity index is 2.70. The van der Waals surface area contributed by atoms with Gasteiger partial charge in [0.1, 0.15) is 0 Å². The van der Waals surface area contributed by atoms with Gasteiger partial charge in [-0.1, -0.05) is 12.1 Å². The Morgan fingerprint density at radius 2 is 1.88 bits per heavy atom. The molecule has 3 nitrogen and oxygen atoms in total. The molecule has 0 atom stereocenters. The topological polar surface area (TPSA) is 44.1 Å². The number of carbonyl (C=O) groups is 1. The van der Waals surface area contributed by atoms with Crippen molar-refractivity contribution in [1.29, 1.82) is 5.26 Å². The van der Waals surface area contributed by atoms with Crippen molar-refractivity contribution in [3.05, 3.63) is 41.5 Å². The smallest absolute Gasteiger partial charge is 0.246 e. The van der Waals surface area contributed by atoms with Crippen molar-refractivity contribution in [3.8, 4) is 6.07 Å². The molecule has 1 amide bonds. The second-order valence-corrected chi connectivity index (χ2v) is 3.58. The summed E-state index contributed by atoms with van der Waals surface area (Å²) in [5.41, 5.74) is 1.54.